The molecular formula is C16H14F5NO. The highest BCUT2D eigenvalue weighted by molar-refractivity contribution is 5.26. The Morgan fingerprint density at radius 1 is 0.913 bits per heavy atom. The summed E-state index contributed by atoms with van der Waals surface area (Å²) in [5, 5.41) is 11.1. The Balaban J connectivity index is 2.23. The first-order chi connectivity index (χ1) is 10.8. The molecule has 2 nitrogen and oxygen atoms in total. The molecule has 2 aromatic rings. The smallest absolute Gasteiger partial charge is 0.392 e. The van der Waals surface area contributed by atoms with Gasteiger partial charge < -0.3 is 5.11 Å². The molecule has 2 N–H and O–H groups in total. The molecule has 7 heteroatoms. The van der Waals surface area contributed by atoms with Crippen molar-refractivity contribution in [2.45, 2.75) is 25.4 Å². The van der Waals surface area contributed by atoms with Crippen molar-refractivity contribution in [1.29, 1.82) is 0 Å². The zero-order valence-electron chi connectivity index (χ0n) is 11.9. The second-order valence-electron chi connectivity index (χ2n) is 4.97. The van der Waals surface area contributed by atoms with E-state index >= 15 is 0 Å². The first-order valence-electron chi connectivity index (χ1n) is 6.75. The summed E-state index contributed by atoms with van der Waals surface area (Å²) in [4.78, 5) is 0. The van der Waals surface area contributed by atoms with Crippen LogP contribution in [0.2, 0.25) is 0 Å². The average molecular weight is 331 g/mol. The highest BCUT2D eigenvalue weighted by Gasteiger charge is 2.43. The number of rotatable bonds is 5. The van der Waals surface area contributed by atoms with Crippen LogP contribution in [0, 0.1) is 11.6 Å². The van der Waals surface area contributed by atoms with Crippen LogP contribution in [0.5, 0.6) is 0 Å². The Morgan fingerprint density at radius 2 is 1.43 bits per heavy atom. The summed E-state index contributed by atoms with van der Waals surface area (Å²) in [5.41, 5.74) is 0.0569. The van der Waals surface area contributed by atoms with Crippen LogP contribution in [-0.4, -0.2) is 11.3 Å². The molecule has 0 aromatic heterocycles. The minimum atomic E-state index is -4.85. The molecule has 0 fully saturated rings. The van der Waals surface area contributed by atoms with Gasteiger partial charge in [-0.25, -0.2) is 8.78 Å². The molecule has 2 aromatic carbocycles. The number of alkyl halides is 3. The van der Waals surface area contributed by atoms with E-state index in [2.05, 4.69) is 5.32 Å². The molecule has 0 saturated carbocycles. The van der Waals surface area contributed by atoms with E-state index in [4.69, 9.17) is 5.11 Å². The van der Waals surface area contributed by atoms with Crippen LogP contribution in [-0.2, 0) is 13.2 Å². The van der Waals surface area contributed by atoms with E-state index in [-0.39, 0.29) is 13.2 Å². The van der Waals surface area contributed by atoms with Crippen molar-refractivity contribution in [3.8, 4) is 0 Å². The second kappa shape index (κ2) is 7.06. The maximum atomic E-state index is 13.6. The van der Waals surface area contributed by atoms with Crippen LogP contribution in [0.1, 0.15) is 22.7 Å². The first-order valence-corrected chi connectivity index (χ1v) is 6.75. The van der Waals surface area contributed by atoms with E-state index in [1.807, 2.05) is 0 Å². The van der Waals surface area contributed by atoms with Gasteiger partial charge in [0.2, 0.25) is 0 Å². The van der Waals surface area contributed by atoms with E-state index in [9.17, 15) is 22.0 Å². The Labute approximate surface area is 129 Å². The van der Waals surface area contributed by atoms with Crippen molar-refractivity contribution < 1.29 is 27.1 Å². The Bertz CT molecular complexity index is 634. The van der Waals surface area contributed by atoms with Gasteiger partial charge in [-0.15, -0.1) is 0 Å². The maximum Gasteiger partial charge on any atom is 0.408 e. The largest absolute Gasteiger partial charge is 0.408 e. The molecule has 0 unspecified atom stereocenters. The van der Waals surface area contributed by atoms with Gasteiger partial charge in [-0.2, -0.15) is 13.2 Å². The summed E-state index contributed by atoms with van der Waals surface area (Å²) in [6, 6.07) is 6.31. The molecule has 0 heterocycles. The lowest BCUT2D eigenvalue weighted by Gasteiger charge is -2.23. The van der Waals surface area contributed by atoms with Gasteiger partial charge in [0.05, 0.1) is 6.61 Å². The van der Waals surface area contributed by atoms with Crippen molar-refractivity contribution in [3.63, 3.8) is 0 Å². The Hall–Kier alpha value is -1.99. The molecule has 1 atom stereocenters. The molecule has 0 bridgehead atoms. The summed E-state index contributed by atoms with van der Waals surface area (Å²) < 4.78 is 66.8. The van der Waals surface area contributed by atoms with E-state index in [0.29, 0.717) is 11.1 Å². The van der Waals surface area contributed by atoms with Gasteiger partial charge in [0.1, 0.15) is 17.7 Å². The standard InChI is InChI=1S/C16H14F5NO/c17-12-2-1-3-13(18)14(12)15(16(19,20)21)22-8-10-4-6-11(9-23)7-5-10/h1-7,15,22-23H,8-9H2/t15-/m0/s1. The van der Waals surface area contributed by atoms with Crippen molar-refractivity contribution in [2.24, 2.45) is 0 Å². The number of hydrogen-bond acceptors (Lipinski definition) is 2. The Kier molecular flexibility index (Phi) is 5.33. The van der Waals surface area contributed by atoms with Gasteiger partial charge in [-0.3, -0.25) is 5.32 Å². The molecule has 0 aliphatic rings. The van der Waals surface area contributed by atoms with E-state index in [1.54, 1.807) is 12.1 Å². The van der Waals surface area contributed by atoms with Crippen LogP contribution in [0.15, 0.2) is 42.5 Å². The minimum Gasteiger partial charge on any atom is -0.392 e. The number of aliphatic hydroxyl groups excluding tert-OH is 1. The predicted molar refractivity (Wildman–Crippen MR) is 74.4 cm³/mol. The lowest BCUT2D eigenvalue weighted by atomic mass is 10.0. The molecular weight excluding hydrogens is 317 g/mol. The lowest BCUT2D eigenvalue weighted by Crippen LogP contribution is -2.35. The number of halogens is 5. The number of nitrogens with one attached hydrogen (secondary N) is 1. The van der Waals surface area contributed by atoms with Gasteiger partial charge in [-0.1, -0.05) is 30.3 Å². The van der Waals surface area contributed by atoms with Crippen LogP contribution >= 0.6 is 0 Å². The van der Waals surface area contributed by atoms with E-state index in [1.165, 1.54) is 12.1 Å². The van der Waals surface area contributed by atoms with Crippen LogP contribution in [0.25, 0.3) is 0 Å². The molecule has 0 radical (unpaired) electrons. The summed E-state index contributed by atoms with van der Waals surface area (Å²) in [6.45, 7) is -0.414. The molecule has 0 aliphatic carbocycles. The number of aliphatic hydroxyl groups is 1. The van der Waals surface area contributed by atoms with Gasteiger partial charge in [0.15, 0.2) is 0 Å². The van der Waals surface area contributed by atoms with Crippen LogP contribution < -0.4 is 5.32 Å². The van der Waals surface area contributed by atoms with Crippen molar-refractivity contribution >= 4 is 0 Å². The lowest BCUT2D eigenvalue weighted by molar-refractivity contribution is -0.159. The molecule has 0 amide bonds. The fourth-order valence-corrected chi connectivity index (χ4v) is 2.15. The first kappa shape index (κ1) is 17.4. The van der Waals surface area contributed by atoms with Crippen molar-refractivity contribution in [3.05, 3.63) is 70.8 Å². The third kappa shape index (κ3) is 4.27. The SMILES string of the molecule is OCc1ccc(CN[C@@H](c2c(F)cccc2F)C(F)(F)F)cc1. The fourth-order valence-electron chi connectivity index (χ4n) is 2.15. The normalized spacial score (nSPS) is 13.1. The third-order valence-electron chi connectivity index (χ3n) is 3.33. The van der Waals surface area contributed by atoms with Gasteiger partial charge >= 0.3 is 6.18 Å². The van der Waals surface area contributed by atoms with Crippen LogP contribution in [0.3, 0.4) is 0 Å². The fraction of sp³-hybridized carbons (Fsp3) is 0.250. The highest BCUT2D eigenvalue weighted by Crippen LogP contribution is 2.35. The summed E-state index contributed by atoms with van der Waals surface area (Å²) >= 11 is 0. The van der Waals surface area contributed by atoms with Crippen LogP contribution in [0.4, 0.5) is 22.0 Å². The molecule has 0 aliphatic heterocycles. The maximum absolute atomic E-state index is 13.6. The highest BCUT2D eigenvalue weighted by atomic mass is 19.4. The second-order valence-corrected chi connectivity index (χ2v) is 4.97. The van der Waals surface area contributed by atoms with E-state index in [0.717, 1.165) is 18.2 Å². The molecule has 0 spiro atoms. The Morgan fingerprint density at radius 3 is 1.91 bits per heavy atom. The summed E-state index contributed by atoms with van der Waals surface area (Å²) in [6.07, 6.45) is -4.85. The molecule has 0 saturated heterocycles. The van der Waals surface area contributed by atoms with Gasteiger partial charge in [0, 0.05) is 12.1 Å². The topological polar surface area (TPSA) is 32.3 Å². The van der Waals surface area contributed by atoms with Crippen molar-refractivity contribution in [2.75, 3.05) is 0 Å². The quantitative estimate of drug-likeness (QED) is 0.816. The molecule has 23 heavy (non-hydrogen) atoms. The average Bonchev–Trinajstić information content (AvgIpc) is 2.49. The zero-order chi connectivity index (χ0) is 17.0. The van der Waals surface area contributed by atoms with Gasteiger partial charge in [0.25, 0.3) is 0 Å². The third-order valence-corrected chi connectivity index (χ3v) is 3.33. The summed E-state index contributed by atoms with van der Waals surface area (Å²) in [5.74, 6) is -2.51. The van der Waals surface area contributed by atoms with E-state index < -0.39 is 29.4 Å². The monoisotopic (exact) mass is 331 g/mol. The zero-order valence-corrected chi connectivity index (χ0v) is 11.9. The molecule has 124 valence electrons. The van der Waals surface area contributed by atoms with Crippen molar-refractivity contribution in [1.82, 2.24) is 5.32 Å². The summed E-state index contributed by atoms with van der Waals surface area (Å²) in [7, 11) is 0. The molecule has 2 rings (SSSR count). The number of hydrogen-bond donors (Lipinski definition) is 2. The predicted octanol–water partition coefficient (Wildman–Crippen LogP) is 3.85. The van der Waals surface area contributed by atoms with Gasteiger partial charge in [-0.05, 0) is 23.3 Å². The minimum absolute atomic E-state index is 0.181. The number of benzene rings is 2.